The van der Waals surface area contributed by atoms with Crippen LogP contribution in [-0.2, 0) is 0 Å². The van der Waals surface area contributed by atoms with E-state index < -0.39 is 0 Å². The molecule has 0 radical (unpaired) electrons. The van der Waals surface area contributed by atoms with Crippen LogP contribution in [0.1, 0.15) is 52.9 Å². The van der Waals surface area contributed by atoms with Crippen molar-refractivity contribution in [1.29, 1.82) is 0 Å². The van der Waals surface area contributed by atoms with Gasteiger partial charge in [-0.2, -0.15) is 0 Å². The predicted octanol–water partition coefficient (Wildman–Crippen LogP) is 2.62. The van der Waals surface area contributed by atoms with Crippen molar-refractivity contribution in [2.45, 2.75) is 65.0 Å². The molecule has 1 saturated carbocycles. The summed E-state index contributed by atoms with van der Waals surface area (Å²) < 4.78 is 0. The summed E-state index contributed by atoms with van der Waals surface area (Å²) in [4.78, 5) is 2.68. The molecule has 90 valence electrons. The van der Waals surface area contributed by atoms with Gasteiger partial charge < -0.3 is 5.73 Å². The van der Waals surface area contributed by atoms with E-state index in [1.165, 1.54) is 38.6 Å². The average molecular weight is 212 g/mol. The van der Waals surface area contributed by atoms with Gasteiger partial charge in [0.05, 0.1) is 0 Å². The molecule has 0 aromatic carbocycles. The Bertz CT molecular complexity index is 162. The van der Waals surface area contributed by atoms with E-state index in [4.69, 9.17) is 5.73 Å². The Morgan fingerprint density at radius 3 is 2.27 bits per heavy atom. The van der Waals surface area contributed by atoms with Crippen LogP contribution < -0.4 is 5.73 Å². The highest BCUT2D eigenvalue weighted by atomic mass is 15.2. The molecule has 1 fully saturated rings. The molecule has 2 N–H and O–H groups in total. The van der Waals surface area contributed by atoms with Gasteiger partial charge in [-0.25, -0.2) is 0 Å². The summed E-state index contributed by atoms with van der Waals surface area (Å²) >= 11 is 0. The zero-order chi connectivity index (χ0) is 11.3. The first-order chi connectivity index (χ1) is 7.20. The van der Waals surface area contributed by atoms with Gasteiger partial charge in [-0.3, -0.25) is 4.90 Å². The lowest BCUT2D eigenvalue weighted by Crippen LogP contribution is -2.46. The van der Waals surface area contributed by atoms with E-state index in [1.54, 1.807) is 0 Å². The quantitative estimate of drug-likeness (QED) is 0.759. The lowest BCUT2D eigenvalue weighted by atomic mass is 9.91. The SMILES string of the molecule is CCN(C1CCCCC1)C(C)C(C)CN. The van der Waals surface area contributed by atoms with E-state index in [-0.39, 0.29) is 0 Å². The van der Waals surface area contributed by atoms with Gasteiger partial charge in [-0.1, -0.05) is 33.1 Å². The third kappa shape index (κ3) is 3.46. The largest absolute Gasteiger partial charge is 0.330 e. The highest BCUT2D eigenvalue weighted by molar-refractivity contribution is 4.81. The van der Waals surface area contributed by atoms with Crippen molar-refractivity contribution in [1.82, 2.24) is 4.90 Å². The molecule has 0 aromatic heterocycles. The van der Waals surface area contributed by atoms with Gasteiger partial charge >= 0.3 is 0 Å². The second-order valence-electron chi connectivity index (χ2n) is 5.08. The molecule has 15 heavy (non-hydrogen) atoms. The number of hydrogen-bond donors (Lipinski definition) is 1. The van der Waals surface area contributed by atoms with Crippen molar-refractivity contribution in [3.8, 4) is 0 Å². The van der Waals surface area contributed by atoms with Crippen LogP contribution in [0.5, 0.6) is 0 Å². The summed E-state index contributed by atoms with van der Waals surface area (Å²) in [5.74, 6) is 0.617. The third-order valence-electron chi connectivity index (χ3n) is 4.13. The minimum absolute atomic E-state index is 0.617. The van der Waals surface area contributed by atoms with Crippen LogP contribution in [-0.4, -0.2) is 30.1 Å². The highest BCUT2D eigenvalue weighted by Gasteiger charge is 2.26. The summed E-state index contributed by atoms with van der Waals surface area (Å²) in [6, 6.07) is 1.47. The number of nitrogens with two attached hydrogens (primary N) is 1. The normalized spacial score (nSPS) is 23.0. The van der Waals surface area contributed by atoms with Crippen LogP contribution in [0.25, 0.3) is 0 Å². The van der Waals surface area contributed by atoms with Crippen molar-refractivity contribution >= 4 is 0 Å². The first-order valence-corrected chi connectivity index (χ1v) is 6.66. The predicted molar refractivity (Wildman–Crippen MR) is 66.9 cm³/mol. The molecular formula is C13H28N2. The van der Waals surface area contributed by atoms with E-state index in [0.29, 0.717) is 12.0 Å². The minimum atomic E-state index is 0.617. The van der Waals surface area contributed by atoms with E-state index in [0.717, 1.165) is 12.6 Å². The Morgan fingerprint density at radius 1 is 1.20 bits per heavy atom. The fourth-order valence-corrected chi connectivity index (χ4v) is 2.82. The molecule has 0 amide bonds. The zero-order valence-electron chi connectivity index (χ0n) is 10.7. The molecule has 0 bridgehead atoms. The average Bonchev–Trinajstić information content (AvgIpc) is 2.30. The molecule has 0 heterocycles. The van der Waals surface area contributed by atoms with E-state index >= 15 is 0 Å². The fraction of sp³-hybridized carbons (Fsp3) is 1.00. The van der Waals surface area contributed by atoms with E-state index in [2.05, 4.69) is 25.7 Å². The standard InChI is InChI=1S/C13H28N2/c1-4-15(12(3)11(2)10-14)13-8-6-5-7-9-13/h11-13H,4-10,14H2,1-3H3. The van der Waals surface area contributed by atoms with Crippen LogP contribution in [0.2, 0.25) is 0 Å². The number of nitrogens with zero attached hydrogens (tertiary/aromatic N) is 1. The molecule has 1 aliphatic rings. The Kier molecular flexibility index (Phi) is 5.62. The molecule has 2 nitrogen and oxygen atoms in total. The molecule has 2 unspecified atom stereocenters. The summed E-state index contributed by atoms with van der Waals surface area (Å²) in [6.45, 7) is 8.89. The van der Waals surface area contributed by atoms with Crippen LogP contribution in [0.3, 0.4) is 0 Å². The number of rotatable bonds is 5. The topological polar surface area (TPSA) is 29.3 Å². The molecule has 1 rings (SSSR count). The zero-order valence-corrected chi connectivity index (χ0v) is 10.7. The second kappa shape index (κ2) is 6.49. The maximum Gasteiger partial charge on any atom is 0.0107 e. The smallest absolute Gasteiger partial charge is 0.0107 e. The van der Waals surface area contributed by atoms with Gasteiger partial charge in [0.2, 0.25) is 0 Å². The molecule has 0 aromatic rings. The molecule has 0 spiro atoms. The van der Waals surface area contributed by atoms with E-state index in [9.17, 15) is 0 Å². The summed E-state index contributed by atoms with van der Waals surface area (Å²) in [6.07, 6.45) is 7.08. The Balaban J connectivity index is 2.52. The lowest BCUT2D eigenvalue weighted by Gasteiger charge is -2.40. The molecule has 0 aliphatic heterocycles. The highest BCUT2D eigenvalue weighted by Crippen LogP contribution is 2.25. The van der Waals surface area contributed by atoms with Crippen LogP contribution in [0, 0.1) is 5.92 Å². The monoisotopic (exact) mass is 212 g/mol. The maximum absolute atomic E-state index is 5.77. The summed E-state index contributed by atoms with van der Waals surface area (Å²) in [5, 5.41) is 0. The van der Waals surface area contributed by atoms with Crippen LogP contribution in [0.4, 0.5) is 0 Å². The van der Waals surface area contributed by atoms with Crippen molar-refractivity contribution in [3.05, 3.63) is 0 Å². The summed E-state index contributed by atoms with van der Waals surface area (Å²) in [7, 11) is 0. The van der Waals surface area contributed by atoms with Gasteiger partial charge in [0.1, 0.15) is 0 Å². The minimum Gasteiger partial charge on any atom is -0.330 e. The van der Waals surface area contributed by atoms with Crippen molar-refractivity contribution < 1.29 is 0 Å². The fourth-order valence-electron chi connectivity index (χ4n) is 2.82. The van der Waals surface area contributed by atoms with Crippen molar-refractivity contribution in [3.63, 3.8) is 0 Å². The number of hydrogen-bond acceptors (Lipinski definition) is 2. The van der Waals surface area contributed by atoms with E-state index in [1.807, 2.05) is 0 Å². The first-order valence-electron chi connectivity index (χ1n) is 6.66. The van der Waals surface area contributed by atoms with Crippen LogP contribution in [0.15, 0.2) is 0 Å². The molecule has 2 atom stereocenters. The Labute approximate surface area is 95.2 Å². The van der Waals surface area contributed by atoms with Gasteiger partial charge in [-0.15, -0.1) is 0 Å². The van der Waals surface area contributed by atoms with Gasteiger partial charge in [0, 0.05) is 12.1 Å². The van der Waals surface area contributed by atoms with Crippen molar-refractivity contribution in [2.75, 3.05) is 13.1 Å². The van der Waals surface area contributed by atoms with Gasteiger partial charge in [0.15, 0.2) is 0 Å². The maximum atomic E-state index is 5.77. The Hall–Kier alpha value is -0.0800. The van der Waals surface area contributed by atoms with Gasteiger partial charge in [-0.05, 0) is 38.8 Å². The van der Waals surface area contributed by atoms with Crippen LogP contribution >= 0.6 is 0 Å². The van der Waals surface area contributed by atoms with Crippen molar-refractivity contribution in [2.24, 2.45) is 11.7 Å². The lowest BCUT2D eigenvalue weighted by molar-refractivity contribution is 0.0913. The first kappa shape index (κ1) is 13.0. The Morgan fingerprint density at radius 2 is 1.80 bits per heavy atom. The molecular weight excluding hydrogens is 184 g/mol. The molecule has 2 heteroatoms. The second-order valence-corrected chi connectivity index (χ2v) is 5.08. The van der Waals surface area contributed by atoms with Gasteiger partial charge in [0.25, 0.3) is 0 Å². The molecule has 0 saturated heterocycles. The third-order valence-corrected chi connectivity index (χ3v) is 4.13. The molecule has 1 aliphatic carbocycles. The summed E-state index contributed by atoms with van der Waals surface area (Å²) in [5.41, 5.74) is 5.77.